The van der Waals surface area contributed by atoms with E-state index >= 15 is 0 Å². The van der Waals surface area contributed by atoms with Crippen LogP contribution in [0.2, 0.25) is 0 Å². The second kappa shape index (κ2) is 12.8. The van der Waals surface area contributed by atoms with Gasteiger partial charge in [0.25, 0.3) is 0 Å². The highest BCUT2D eigenvalue weighted by Crippen LogP contribution is 2.08. The average molecular weight is 251 g/mol. The van der Waals surface area contributed by atoms with Gasteiger partial charge in [0.05, 0.1) is 0 Å². The fourth-order valence-corrected chi connectivity index (χ4v) is 1.48. The molecule has 0 unspecified atom stereocenters. The predicted molar refractivity (Wildman–Crippen MR) is 71.9 cm³/mol. The van der Waals surface area contributed by atoms with Gasteiger partial charge >= 0.3 is 0 Å². The van der Waals surface area contributed by atoms with Crippen LogP contribution >= 0.6 is 12.4 Å². The van der Waals surface area contributed by atoms with Gasteiger partial charge < -0.3 is 11.1 Å². The number of carbonyl (C=O) groups excluding carboxylic acids is 1. The van der Waals surface area contributed by atoms with Crippen molar-refractivity contribution in [3.05, 3.63) is 0 Å². The summed E-state index contributed by atoms with van der Waals surface area (Å²) in [7, 11) is 0. The second-order valence-corrected chi connectivity index (χ2v) is 4.49. The molecule has 0 bridgehead atoms. The Hall–Kier alpha value is -0.280. The molecule has 0 aliphatic carbocycles. The molecule has 16 heavy (non-hydrogen) atoms. The first-order valence-corrected chi connectivity index (χ1v) is 6.13. The number of nitrogens with two attached hydrogens (primary N) is 1. The van der Waals surface area contributed by atoms with Gasteiger partial charge in [-0.25, -0.2) is 0 Å². The van der Waals surface area contributed by atoms with E-state index in [4.69, 9.17) is 5.73 Å². The zero-order chi connectivity index (χ0) is 11.5. The number of amides is 1. The van der Waals surface area contributed by atoms with Crippen LogP contribution in [0.15, 0.2) is 0 Å². The SMILES string of the molecule is CC(C)CCCCCCNC(=O)CCN.Cl. The van der Waals surface area contributed by atoms with Crippen LogP contribution in [0.25, 0.3) is 0 Å². The first kappa shape index (κ1) is 18.1. The molecule has 0 heterocycles. The van der Waals surface area contributed by atoms with Gasteiger partial charge in [-0.3, -0.25) is 4.79 Å². The molecule has 0 saturated heterocycles. The summed E-state index contributed by atoms with van der Waals surface area (Å²) >= 11 is 0. The molecule has 0 spiro atoms. The summed E-state index contributed by atoms with van der Waals surface area (Å²) < 4.78 is 0. The second-order valence-electron chi connectivity index (χ2n) is 4.49. The monoisotopic (exact) mass is 250 g/mol. The number of carbonyl (C=O) groups is 1. The molecule has 3 N–H and O–H groups in total. The third-order valence-corrected chi connectivity index (χ3v) is 2.40. The molecule has 0 aliphatic heterocycles. The van der Waals surface area contributed by atoms with Gasteiger partial charge in [0.15, 0.2) is 0 Å². The Morgan fingerprint density at radius 2 is 1.81 bits per heavy atom. The molecule has 0 saturated carbocycles. The van der Waals surface area contributed by atoms with E-state index in [0.717, 1.165) is 18.9 Å². The molecule has 0 aromatic heterocycles. The van der Waals surface area contributed by atoms with Gasteiger partial charge in [-0.2, -0.15) is 0 Å². The van der Waals surface area contributed by atoms with E-state index in [9.17, 15) is 4.79 Å². The Labute approximate surface area is 106 Å². The van der Waals surface area contributed by atoms with Crippen LogP contribution in [0.5, 0.6) is 0 Å². The van der Waals surface area contributed by atoms with Crippen molar-refractivity contribution in [3.8, 4) is 0 Å². The Balaban J connectivity index is 0. The molecule has 0 aliphatic rings. The number of nitrogens with one attached hydrogen (secondary N) is 1. The Bertz CT molecular complexity index is 163. The summed E-state index contributed by atoms with van der Waals surface area (Å²) in [4.78, 5) is 11.0. The maximum Gasteiger partial charge on any atom is 0.221 e. The van der Waals surface area contributed by atoms with E-state index in [0.29, 0.717) is 13.0 Å². The van der Waals surface area contributed by atoms with Crippen molar-refractivity contribution in [1.82, 2.24) is 5.32 Å². The summed E-state index contributed by atoms with van der Waals surface area (Å²) in [5, 5.41) is 2.86. The van der Waals surface area contributed by atoms with E-state index in [1.165, 1.54) is 25.7 Å². The summed E-state index contributed by atoms with van der Waals surface area (Å²) in [5.74, 6) is 0.897. The van der Waals surface area contributed by atoms with E-state index in [2.05, 4.69) is 19.2 Å². The highest BCUT2D eigenvalue weighted by Gasteiger charge is 1.98. The zero-order valence-electron chi connectivity index (χ0n) is 10.6. The third-order valence-electron chi connectivity index (χ3n) is 2.40. The summed E-state index contributed by atoms with van der Waals surface area (Å²) in [6.45, 7) is 5.76. The van der Waals surface area contributed by atoms with Crippen LogP contribution in [0.3, 0.4) is 0 Å². The number of rotatable bonds is 9. The Kier molecular flexibility index (Phi) is 14.5. The summed E-state index contributed by atoms with van der Waals surface area (Å²) in [5.41, 5.74) is 5.27. The van der Waals surface area contributed by atoms with Gasteiger partial charge in [0.2, 0.25) is 5.91 Å². The topological polar surface area (TPSA) is 55.1 Å². The Morgan fingerprint density at radius 3 is 2.38 bits per heavy atom. The molecular formula is C12H27ClN2O. The average Bonchev–Trinajstić information content (AvgIpc) is 2.16. The van der Waals surface area contributed by atoms with Crippen molar-refractivity contribution in [1.29, 1.82) is 0 Å². The molecule has 0 atom stereocenters. The van der Waals surface area contributed by atoms with Gasteiger partial charge in [-0.05, 0) is 12.3 Å². The zero-order valence-corrected chi connectivity index (χ0v) is 11.4. The normalized spacial score (nSPS) is 10.0. The highest BCUT2D eigenvalue weighted by molar-refractivity contribution is 5.85. The van der Waals surface area contributed by atoms with Crippen molar-refractivity contribution in [2.75, 3.05) is 13.1 Å². The minimum Gasteiger partial charge on any atom is -0.356 e. The minimum atomic E-state index is 0. The van der Waals surface area contributed by atoms with E-state index in [1.807, 2.05) is 0 Å². The van der Waals surface area contributed by atoms with Crippen LogP contribution in [0, 0.1) is 5.92 Å². The van der Waals surface area contributed by atoms with Crippen LogP contribution in [-0.2, 0) is 4.79 Å². The maximum atomic E-state index is 11.0. The standard InChI is InChI=1S/C12H26N2O.ClH/c1-11(2)7-5-3-4-6-10-14-12(15)8-9-13;/h11H,3-10,13H2,1-2H3,(H,14,15);1H. The maximum absolute atomic E-state index is 11.0. The lowest BCUT2D eigenvalue weighted by atomic mass is 10.0. The van der Waals surface area contributed by atoms with Crippen LogP contribution in [0.4, 0.5) is 0 Å². The van der Waals surface area contributed by atoms with Crippen molar-refractivity contribution < 1.29 is 4.79 Å². The summed E-state index contributed by atoms with van der Waals surface area (Å²) in [6, 6.07) is 0. The third kappa shape index (κ3) is 13.7. The smallest absolute Gasteiger partial charge is 0.221 e. The van der Waals surface area contributed by atoms with Crippen molar-refractivity contribution in [2.24, 2.45) is 11.7 Å². The van der Waals surface area contributed by atoms with E-state index in [1.54, 1.807) is 0 Å². The van der Waals surface area contributed by atoms with Crippen molar-refractivity contribution >= 4 is 18.3 Å². The first-order valence-electron chi connectivity index (χ1n) is 6.13. The summed E-state index contributed by atoms with van der Waals surface area (Å²) in [6.07, 6.45) is 6.68. The molecule has 0 aromatic carbocycles. The molecule has 4 heteroatoms. The molecular weight excluding hydrogens is 224 g/mol. The number of halogens is 1. The van der Waals surface area contributed by atoms with Gasteiger partial charge in [0, 0.05) is 19.5 Å². The Morgan fingerprint density at radius 1 is 1.19 bits per heavy atom. The molecule has 1 amide bonds. The fourth-order valence-electron chi connectivity index (χ4n) is 1.48. The lowest BCUT2D eigenvalue weighted by Crippen LogP contribution is -2.26. The minimum absolute atomic E-state index is 0. The van der Waals surface area contributed by atoms with Crippen LogP contribution < -0.4 is 11.1 Å². The molecule has 3 nitrogen and oxygen atoms in total. The molecule has 0 aromatic rings. The van der Waals surface area contributed by atoms with Gasteiger partial charge in [0.1, 0.15) is 0 Å². The molecule has 0 radical (unpaired) electrons. The largest absolute Gasteiger partial charge is 0.356 e. The van der Waals surface area contributed by atoms with Crippen LogP contribution in [0.1, 0.15) is 52.4 Å². The van der Waals surface area contributed by atoms with Gasteiger partial charge in [-0.15, -0.1) is 12.4 Å². The lowest BCUT2D eigenvalue weighted by molar-refractivity contribution is -0.120. The molecule has 0 fully saturated rings. The van der Waals surface area contributed by atoms with Crippen molar-refractivity contribution in [2.45, 2.75) is 52.4 Å². The molecule has 0 rings (SSSR count). The first-order chi connectivity index (χ1) is 7.16. The van der Waals surface area contributed by atoms with Crippen molar-refractivity contribution in [3.63, 3.8) is 0 Å². The lowest BCUT2D eigenvalue weighted by Gasteiger charge is -2.05. The van der Waals surface area contributed by atoms with Gasteiger partial charge in [-0.1, -0.05) is 39.5 Å². The number of unbranched alkanes of at least 4 members (excludes halogenated alkanes) is 3. The van der Waals surface area contributed by atoms with Crippen LogP contribution in [-0.4, -0.2) is 19.0 Å². The number of hydrogen-bond donors (Lipinski definition) is 2. The quantitative estimate of drug-likeness (QED) is 0.618. The van der Waals surface area contributed by atoms with E-state index in [-0.39, 0.29) is 18.3 Å². The highest BCUT2D eigenvalue weighted by atomic mass is 35.5. The fraction of sp³-hybridized carbons (Fsp3) is 0.917. The van der Waals surface area contributed by atoms with E-state index < -0.39 is 0 Å². The predicted octanol–water partition coefficient (Wildman–Crippen LogP) is 2.48. The molecule has 98 valence electrons. The number of hydrogen-bond acceptors (Lipinski definition) is 2.